The van der Waals surface area contributed by atoms with Gasteiger partial charge in [-0.05, 0) is 68.2 Å². The number of ether oxygens (including phenoxy) is 2. The van der Waals surface area contributed by atoms with Crippen LogP contribution in [0.5, 0.6) is 11.5 Å². The number of aromatic nitrogens is 4. The van der Waals surface area contributed by atoms with Crippen LogP contribution >= 0.6 is 11.6 Å². The number of nitrogens with one attached hydrogen (secondary N) is 2. The van der Waals surface area contributed by atoms with Gasteiger partial charge in [0.1, 0.15) is 24.1 Å². The Morgan fingerprint density at radius 2 is 2.08 bits per heavy atom. The summed E-state index contributed by atoms with van der Waals surface area (Å²) in [6.45, 7) is 2.23. The molecule has 1 fully saturated rings. The highest BCUT2D eigenvalue weighted by molar-refractivity contribution is 6.32. The van der Waals surface area contributed by atoms with E-state index in [0.29, 0.717) is 33.8 Å². The van der Waals surface area contributed by atoms with Crippen molar-refractivity contribution in [3.8, 4) is 23.8 Å². The number of nitrogens with zero attached hydrogens (tertiary/aromatic N) is 4. The monoisotopic (exact) mass is 532 g/mol. The molecule has 1 atom stereocenters. The molecule has 1 saturated carbocycles. The minimum Gasteiger partial charge on any atom is -0.490 e. The van der Waals surface area contributed by atoms with E-state index in [1.165, 1.54) is 0 Å². The average Bonchev–Trinajstić information content (AvgIpc) is 3.42. The fourth-order valence-corrected chi connectivity index (χ4v) is 4.16. The van der Waals surface area contributed by atoms with Crippen LogP contribution < -0.4 is 14.8 Å². The average molecular weight is 533 g/mol. The number of rotatable bonds is 12. The second kappa shape index (κ2) is 13.4. The van der Waals surface area contributed by atoms with Gasteiger partial charge in [-0.25, -0.2) is 0 Å². The van der Waals surface area contributed by atoms with Crippen LogP contribution in [0, 0.1) is 12.3 Å². The third kappa shape index (κ3) is 7.22. The van der Waals surface area contributed by atoms with E-state index in [1.54, 1.807) is 48.6 Å². The third-order valence-corrected chi connectivity index (χ3v) is 6.42. The molecule has 2 N–H and O–H groups in total. The van der Waals surface area contributed by atoms with Gasteiger partial charge in [0.05, 0.1) is 11.6 Å². The minimum absolute atomic E-state index is 0.126. The minimum atomic E-state index is -0.400. The summed E-state index contributed by atoms with van der Waals surface area (Å²) in [4.78, 5) is 15.2. The van der Waals surface area contributed by atoms with Gasteiger partial charge in [-0.15, -0.1) is 16.6 Å². The summed E-state index contributed by atoms with van der Waals surface area (Å²) in [6.07, 6.45) is 13.9. The normalized spacial score (nSPS) is 14.6. The van der Waals surface area contributed by atoms with Gasteiger partial charge < -0.3 is 14.8 Å². The number of hydrogen-bond acceptors (Lipinski definition) is 7. The van der Waals surface area contributed by atoms with Gasteiger partial charge >= 0.3 is 0 Å². The number of H-pyrrole nitrogens is 1. The van der Waals surface area contributed by atoms with Crippen molar-refractivity contribution in [2.75, 3.05) is 18.5 Å². The Morgan fingerprint density at radius 3 is 2.71 bits per heavy atom. The molecular formula is C28H29ClN6O3. The van der Waals surface area contributed by atoms with Crippen molar-refractivity contribution in [3.05, 3.63) is 83.4 Å². The summed E-state index contributed by atoms with van der Waals surface area (Å²) in [5.41, 5.74) is 0.638. The summed E-state index contributed by atoms with van der Waals surface area (Å²) in [5, 5.41) is 18.1. The molecule has 1 aliphatic rings. The maximum Gasteiger partial charge on any atom is 0.238 e. The molecule has 1 aromatic heterocycles. The number of allylic oxidation sites excluding steroid dienone is 4. The van der Waals surface area contributed by atoms with Crippen molar-refractivity contribution < 1.29 is 14.3 Å². The maximum atomic E-state index is 13.1. The van der Waals surface area contributed by atoms with Gasteiger partial charge in [0, 0.05) is 11.7 Å². The molecule has 1 unspecified atom stereocenters. The third-order valence-electron chi connectivity index (χ3n) is 6.11. The number of carbonyl (C=O) groups is 1. The molecular weight excluding hydrogens is 504 g/mol. The van der Waals surface area contributed by atoms with Gasteiger partial charge in [-0.3, -0.25) is 9.69 Å². The highest BCUT2D eigenvalue weighted by Gasteiger charge is 2.35. The lowest BCUT2D eigenvalue weighted by molar-refractivity contribution is -0.119. The number of carbonyl (C=O) groups excluding carboxylic acids is 1. The van der Waals surface area contributed by atoms with Gasteiger partial charge in [0.25, 0.3) is 0 Å². The number of anilines is 1. The number of terminal acetylenes is 1. The first-order valence-electron chi connectivity index (χ1n) is 12.3. The van der Waals surface area contributed by atoms with Crippen LogP contribution in [0.15, 0.2) is 72.5 Å². The summed E-state index contributed by atoms with van der Waals surface area (Å²) in [5.74, 6) is 4.29. The first-order valence-corrected chi connectivity index (χ1v) is 12.7. The number of amides is 1. The van der Waals surface area contributed by atoms with Crippen molar-refractivity contribution in [1.82, 2.24) is 25.5 Å². The lowest BCUT2D eigenvalue weighted by Gasteiger charge is -2.40. The second-order valence-corrected chi connectivity index (χ2v) is 9.07. The second-order valence-electron chi connectivity index (χ2n) is 8.66. The number of halogens is 1. The molecule has 1 amide bonds. The summed E-state index contributed by atoms with van der Waals surface area (Å²) >= 11 is 6.28. The summed E-state index contributed by atoms with van der Waals surface area (Å²) in [6, 6.07) is 14.1. The van der Waals surface area contributed by atoms with Gasteiger partial charge in [0.15, 0.2) is 11.6 Å². The van der Waals surface area contributed by atoms with Crippen LogP contribution in [-0.2, 0) is 4.79 Å². The molecule has 0 spiro atoms. The molecule has 3 aromatic rings. The molecule has 9 nitrogen and oxygen atoms in total. The summed E-state index contributed by atoms with van der Waals surface area (Å²) < 4.78 is 11.7. The first kappa shape index (κ1) is 26.9. The fourth-order valence-electron chi connectivity index (χ4n) is 3.97. The molecule has 10 heteroatoms. The van der Waals surface area contributed by atoms with Crippen molar-refractivity contribution in [1.29, 1.82) is 0 Å². The smallest absolute Gasteiger partial charge is 0.238 e. The Morgan fingerprint density at radius 1 is 1.29 bits per heavy atom. The molecule has 196 valence electrons. The molecule has 4 rings (SSSR count). The van der Waals surface area contributed by atoms with E-state index in [0.717, 1.165) is 19.3 Å². The number of hydrogen-bond donors (Lipinski definition) is 2. The zero-order chi connectivity index (χ0) is 26.7. The van der Waals surface area contributed by atoms with Crippen LogP contribution in [0.25, 0.3) is 0 Å². The molecule has 0 aliphatic heterocycles. The zero-order valence-electron chi connectivity index (χ0n) is 21.0. The van der Waals surface area contributed by atoms with Gasteiger partial charge in [-0.2, -0.15) is 5.21 Å². The van der Waals surface area contributed by atoms with Crippen LogP contribution in [0.2, 0.25) is 5.02 Å². The van der Waals surface area contributed by atoms with Gasteiger partial charge in [0.2, 0.25) is 5.91 Å². The van der Waals surface area contributed by atoms with Crippen molar-refractivity contribution >= 4 is 23.2 Å². The van der Waals surface area contributed by atoms with E-state index in [1.807, 2.05) is 25.1 Å². The fraction of sp³-hybridized carbons (Fsp3) is 0.286. The number of aromatic amines is 1. The highest BCUT2D eigenvalue weighted by atomic mass is 35.5. The maximum absolute atomic E-state index is 13.1. The van der Waals surface area contributed by atoms with Crippen molar-refractivity contribution in [3.63, 3.8) is 0 Å². The van der Waals surface area contributed by atoms with Crippen LogP contribution in [0.1, 0.15) is 38.1 Å². The quantitative estimate of drug-likeness (QED) is 0.193. The molecule has 38 heavy (non-hydrogen) atoms. The predicted octanol–water partition coefficient (Wildman–Crippen LogP) is 4.94. The van der Waals surface area contributed by atoms with Gasteiger partial charge in [-0.1, -0.05) is 47.5 Å². The Hall–Kier alpha value is -4.13. The number of tetrazole rings is 1. The standard InChI is InChI=1S/C28H29ClN6O3/c1-3-5-11-22(4-2)38-23-16-14-20(15-17-23)30-27(36)18-35(21-9-8-10-21)25(28-31-33-34-32-28)19-37-26-13-7-6-12-24(26)29/h2-3,5-7,11-17,21,25H,8-10,18-19H2,1H3,(H,30,36)(H,31,32,33,34)/b5-3-,22-11+. The lowest BCUT2D eigenvalue weighted by Crippen LogP contribution is -2.48. The highest BCUT2D eigenvalue weighted by Crippen LogP contribution is 2.32. The topological polar surface area (TPSA) is 105 Å². The molecule has 1 aliphatic carbocycles. The Kier molecular flexibility index (Phi) is 9.51. The largest absolute Gasteiger partial charge is 0.490 e. The molecule has 2 aromatic carbocycles. The van der Waals surface area contributed by atoms with E-state index in [2.05, 4.69) is 36.8 Å². The molecule has 0 saturated heterocycles. The Labute approximate surface area is 226 Å². The molecule has 0 bridgehead atoms. The first-order chi connectivity index (χ1) is 18.6. The van der Waals surface area contributed by atoms with Crippen LogP contribution in [0.4, 0.5) is 5.69 Å². The Balaban J connectivity index is 1.44. The van der Waals surface area contributed by atoms with E-state index < -0.39 is 6.04 Å². The number of benzene rings is 2. The number of para-hydroxylation sites is 1. The molecule has 1 heterocycles. The van der Waals surface area contributed by atoms with Crippen molar-refractivity contribution in [2.45, 2.75) is 38.3 Å². The Bertz CT molecular complexity index is 1300. The van der Waals surface area contributed by atoms with E-state index >= 15 is 0 Å². The van der Waals surface area contributed by atoms with Crippen LogP contribution in [-0.4, -0.2) is 50.6 Å². The summed E-state index contributed by atoms with van der Waals surface area (Å²) in [7, 11) is 0. The SMILES string of the molecule is C#C/C(=C\C=C/C)Oc1ccc(NC(=O)CN(C2CCC2)C(COc2ccccc2Cl)c2nn[nH]n2)cc1. The predicted molar refractivity (Wildman–Crippen MR) is 146 cm³/mol. The van der Waals surface area contributed by atoms with Crippen molar-refractivity contribution in [2.24, 2.45) is 0 Å². The van der Waals surface area contributed by atoms with E-state index in [4.69, 9.17) is 27.5 Å². The van der Waals surface area contributed by atoms with Crippen LogP contribution in [0.3, 0.4) is 0 Å². The zero-order valence-corrected chi connectivity index (χ0v) is 21.8. The molecule has 0 radical (unpaired) electrons. The van der Waals surface area contributed by atoms with E-state index in [9.17, 15) is 4.79 Å². The van der Waals surface area contributed by atoms with E-state index in [-0.39, 0.29) is 25.1 Å². The lowest BCUT2D eigenvalue weighted by atomic mass is 9.90.